The zero-order valence-electron chi connectivity index (χ0n) is 11.1. The third-order valence-corrected chi connectivity index (χ3v) is 4.95. The second kappa shape index (κ2) is 4.60. The van der Waals surface area contributed by atoms with E-state index < -0.39 is 5.66 Å². The number of halogens is 2. The smallest absolute Gasteiger partial charge is 0.272 e. The first-order valence-corrected chi connectivity index (χ1v) is 7.96. The van der Waals surface area contributed by atoms with Gasteiger partial charge in [0.25, 0.3) is 5.91 Å². The van der Waals surface area contributed by atoms with E-state index >= 15 is 0 Å². The Morgan fingerprint density at radius 2 is 2.05 bits per heavy atom. The van der Waals surface area contributed by atoms with Crippen molar-refractivity contribution in [1.29, 1.82) is 0 Å². The van der Waals surface area contributed by atoms with E-state index in [0.29, 0.717) is 18.1 Å². The van der Waals surface area contributed by atoms with Gasteiger partial charge in [-0.25, -0.2) is 0 Å². The molecule has 108 valence electrons. The van der Waals surface area contributed by atoms with Crippen LogP contribution in [0.4, 0.5) is 0 Å². The molecule has 2 aliphatic rings. The molecule has 21 heavy (non-hydrogen) atoms. The lowest BCUT2D eigenvalue weighted by atomic mass is 9.96. The van der Waals surface area contributed by atoms with Gasteiger partial charge in [0.1, 0.15) is 11.4 Å². The summed E-state index contributed by atoms with van der Waals surface area (Å²) in [6, 6.07) is 9.60. The molecule has 1 saturated heterocycles. The minimum atomic E-state index is -0.479. The topological polar surface area (TPSA) is 37.3 Å². The summed E-state index contributed by atoms with van der Waals surface area (Å²) in [5.41, 5.74) is 1.32. The summed E-state index contributed by atoms with van der Waals surface area (Å²) < 4.78 is 2.94. The number of aromatic nitrogens is 1. The molecule has 0 aliphatic carbocycles. The molecule has 1 amide bonds. The lowest BCUT2D eigenvalue weighted by Gasteiger charge is -2.42. The maximum absolute atomic E-state index is 12.8. The van der Waals surface area contributed by atoms with Crippen molar-refractivity contribution in [1.82, 2.24) is 14.8 Å². The number of carbonyl (C=O) groups excluding carboxylic acids is 1. The van der Waals surface area contributed by atoms with Gasteiger partial charge in [-0.2, -0.15) is 0 Å². The second-order valence-electron chi connectivity index (χ2n) is 5.42. The van der Waals surface area contributed by atoms with E-state index in [2.05, 4.69) is 21.2 Å². The summed E-state index contributed by atoms with van der Waals surface area (Å²) in [7, 11) is 0. The van der Waals surface area contributed by atoms with Gasteiger partial charge in [0.15, 0.2) is 0 Å². The highest BCUT2D eigenvalue weighted by atomic mass is 79.9. The second-order valence-corrected chi connectivity index (χ2v) is 6.77. The molecular formula is C15H13BrClN3O. The highest BCUT2D eigenvalue weighted by molar-refractivity contribution is 9.10. The molecule has 2 aliphatic heterocycles. The van der Waals surface area contributed by atoms with Crippen molar-refractivity contribution in [3.8, 4) is 0 Å². The number of fused-ring (bicyclic) bond motifs is 2. The molecule has 0 saturated carbocycles. The molecule has 1 unspecified atom stereocenters. The standard InChI is InChI=1S/C15H13BrClN3O/c16-11-7-13-14(21)20-6-5-18-15(20,9-19(13)8-11)10-1-3-12(17)4-2-10/h1-4,7-8,18H,5-6,9H2. The van der Waals surface area contributed by atoms with Crippen LogP contribution in [0.2, 0.25) is 5.02 Å². The Labute approximate surface area is 135 Å². The first-order valence-electron chi connectivity index (χ1n) is 6.79. The minimum Gasteiger partial charge on any atom is -0.338 e. The Kier molecular flexibility index (Phi) is 2.93. The molecule has 1 aromatic heterocycles. The summed E-state index contributed by atoms with van der Waals surface area (Å²) in [6.07, 6.45) is 1.96. The molecule has 0 radical (unpaired) electrons. The lowest BCUT2D eigenvalue weighted by Crippen LogP contribution is -2.57. The molecule has 0 spiro atoms. The van der Waals surface area contributed by atoms with E-state index in [9.17, 15) is 4.79 Å². The normalized spacial score (nSPS) is 24.1. The predicted octanol–water partition coefficient (Wildman–Crippen LogP) is 2.82. The van der Waals surface area contributed by atoms with Gasteiger partial charge < -0.3 is 9.47 Å². The van der Waals surface area contributed by atoms with E-state index in [1.54, 1.807) is 0 Å². The Morgan fingerprint density at radius 1 is 1.29 bits per heavy atom. The van der Waals surface area contributed by atoms with Gasteiger partial charge in [-0.15, -0.1) is 0 Å². The Balaban J connectivity index is 1.87. The Morgan fingerprint density at radius 3 is 2.81 bits per heavy atom. The third-order valence-electron chi connectivity index (χ3n) is 4.26. The highest BCUT2D eigenvalue weighted by Gasteiger charge is 2.49. The first-order chi connectivity index (χ1) is 10.1. The lowest BCUT2D eigenvalue weighted by molar-refractivity contribution is 0.0398. The van der Waals surface area contributed by atoms with Crippen LogP contribution < -0.4 is 5.32 Å². The van der Waals surface area contributed by atoms with Crippen molar-refractivity contribution in [3.63, 3.8) is 0 Å². The maximum atomic E-state index is 12.8. The monoisotopic (exact) mass is 365 g/mol. The van der Waals surface area contributed by atoms with E-state index in [1.807, 2.05) is 46.0 Å². The van der Waals surface area contributed by atoms with Gasteiger partial charge in [-0.1, -0.05) is 23.7 Å². The zero-order chi connectivity index (χ0) is 14.6. The van der Waals surface area contributed by atoms with Crippen molar-refractivity contribution in [2.75, 3.05) is 13.1 Å². The Bertz CT molecular complexity index is 727. The molecular weight excluding hydrogens is 354 g/mol. The Hall–Kier alpha value is -1.30. The van der Waals surface area contributed by atoms with Crippen LogP contribution in [0.1, 0.15) is 16.1 Å². The van der Waals surface area contributed by atoms with E-state index in [4.69, 9.17) is 11.6 Å². The average molecular weight is 367 g/mol. The van der Waals surface area contributed by atoms with Gasteiger partial charge >= 0.3 is 0 Å². The first kappa shape index (κ1) is 13.4. The van der Waals surface area contributed by atoms with Gasteiger partial charge in [0.05, 0.1) is 6.54 Å². The number of hydrogen-bond acceptors (Lipinski definition) is 2. The van der Waals surface area contributed by atoms with Crippen molar-refractivity contribution in [3.05, 3.63) is 57.3 Å². The van der Waals surface area contributed by atoms with E-state index in [1.165, 1.54) is 0 Å². The molecule has 2 aromatic rings. The van der Waals surface area contributed by atoms with Crippen LogP contribution in [0.5, 0.6) is 0 Å². The van der Waals surface area contributed by atoms with Crippen molar-refractivity contribution in [2.24, 2.45) is 0 Å². The maximum Gasteiger partial charge on any atom is 0.272 e. The molecule has 4 nitrogen and oxygen atoms in total. The van der Waals surface area contributed by atoms with Crippen LogP contribution in [-0.2, 0) is 12.2 Å². The molecule has 1 atom stereocenters. The van der Waals surface area contributed by atoms with Crippen LogP contribution >= 0.6 is 27.5 Å². The number of carbonyl (C=O) groups is 1. The van der Waals surface area contributed by atoms with E-state index in [0.717, 1.165) is 22.3 Å². The number of hydrogen-bond donors (Lipinski definition) is 1. The zero-order valence-corrected chi connectivity index (χ0v) is 13.5. The van der Waals surface area contributed by atoms with Crippen molar-refractivity contribution >= 4 is 33.4 Å². The molecule has 1 aromatic carbocycles. The van der Waals surface area contributed by atoms with Crippen LogP contribution in [0.25, 0.3) is 0 Å². The quantitative estimate of drug-likeness (QED) is 0.843. The molecule has 1 N–H and O–H groups in total. The number of rotatable bonds is 1. The predicted molar refractivity (Wildman–Crippen MR) is 84.3 cm³/mol. The summed E-state index contributed by atoms with van der Waals surface area (Å²) >= 11 is 9.45. The van der Waals surface area contributed by atoms with Crippen molar-refractivity contribution in [2.45, 2.75) is 12.2 Å². The van der Waals surface area contributed by atoms with Crippen LogP contribution in [0.3, 0.4) is 0 Å². The van der Waals surface area contributed by atoms with Crippen LogP contribution in [0.15, 0.2) is 41.0 Å². The number of nitrogens with zero attached hydrogens (tertiary/aromatic N) is 2. The van der Waals surface area contributed by atoms with Gasteiger partial charge in [-0.3, -0.25) is 10.1 Å². The third kappa shape index (κ3) is 1.88. The fourth-order valence-electron chi connectivity index (χ4n) is 3.32. The van der Waals surface area contributed by atoms with Gasteiger partial charge in [-0.05, 0) is 39.7 Å². The van der Waals surface area contributed by atoms with Crippen LogP contribution in [0, 0.1) is 0 Å². The largest absolute Gasteiger partial charge is 0.338 e. The molecule has 0 bridgehead atoms. The van der Waals surface area contributed by atoms with Gasteiger partial charge in [0.2, 0.25) is 0 Å². The fraction of sp³-hybridized carbons (Fsp3) is 0.267. The van der Waals surface area contributed by atoms with Crippen molar-refractivity contribution < 1.29 is 4.79 Å². The molecule has 1 fully saturated rings. The SMILES string of the molecule is O=C1c2cc(Br)cn2CC2(c3ccc(Cl)cc3)NCCN12. The summed E-state index contributed by atoms with van der Waals surface area (Å²) in [4.78, 5) is 14.7. The summed E-state index contributed by atoms with van der Waals surface area (Å²) in [5.74, 6) is 0.0619. The number of benzene rings is 1. The number of amides is 1. The van der Waals surface area contributed by atoms with E-state index in [-0.39, 0.29) is 5.91 Å². The van der Waals surface area contributed by atoms with Gasteiger partial charge in [0, 0.05) is 28.8 Å². The highest BCUT2D eigenvalue weighted by Crippen LogP contribution is 2.37. The fourth-order valence-corrected chi connectivity index (χ4v) is 3.91. The summed E-state index contributed by atoms with van der Waals surface area (Å²) in [5, 5.41) is 4.21. The summed E-state index contributed by atoms with van der Waals surface area (Å²) in [6.45, 7) is 2.20. The molecule has 4 rings (SSSR count). The average Bonchev–Trinajstić information content (AvgIpc) is 3.04. The molecule has 3 heterocycles. The number of nitrogens with one attached hydrogen (secondary N) is 1. The molecule has 6 heteroatoms. The van der Waals surface area contributed by atoms with Crippen LogP contribution in [-0.4, -0.2) is 28.5 Å². The minimum absolute atomic E-state index is 0.0619.